The number of esters is 1. The molecule has 2 N–H and O–H groups in total. The highest BCUT2D eigenvalue weighted by Gasteiger charge is 2.54. The Bertz CT molecular complexity index is 266. The van der Waals surface area contributed by atoms with Crippen molar-refractivity contribution in [1.82, 2.24) is 0 Å². The van der Waals surface area contributed by atoms with Crippen LogP contribution in [0.25, 0.3) is 0 Å². The minimum atomic E-state index is -0.351. The molecule has 2 rings (SSSR count). The van der Waals surface area contributed by atoms with Crippen LogP contribution in [0, 0.1) is 11.3 Å². The molecule has 86 valence electrons. The largest absolute Gasteiger partial charge is 0.460 e. The summed E-state index contributed by atoms with van der Waals surface area (Å²) in [4.78, 5) is 11.7. The van der Waals surface area contributed by atoms with Gasteiger partial charge in [0.2, 0.25) is 0 Å². The molecule has 1 spiro atoms. The fourth-order valence-corrected chi connectivity index (χ4v) is 2.92. The smallest absolute Gasteiger partial charge is 0.309 e. The van der Waals surface area contributed by atoms with Gasteiger partial charge in [-0.1, -0.05) is 0 Å². The molecule has 0 unspecified atom stereocenters. The van der Waals surface area contributed by atoms with Crippen molar-refractivity contribution in [2.45, 2.75) is 58.1 Å². The van der Waals surface area contributed by atoms with E-state index in [1.807, 2.05) is 20.8 Å². The Morgan fingerprint density at radius 1 is 1.27 bits per heavy atom. The van der Waals surface area contributed by atoms with E-state index in [1.165, 1.54) is 0 Å². The quantitative estimate of drug-likeness (QED) is 0.673. The van der Waals surface area contributed by atoms with E-state index in [0.29, 0.717) is 11.5 Å². The topological polar surface area (TPSA) is 52.3 Å². The standard InChI is InChI=1S/C12H21NO2/c1-11(2,3)15-10(14)8-4-12(5-8)6-9(13)7-12/h8-9H,4-7,13H2,1-3H3. The van der Waals surface area contributed by atoms with Crippen molar-refractivity contribution in [2.24, 2.45) is 17.1 Å². The SMILES string of the molecule is CC(C)(C)OC(=O)C1CC2(CC(N)C2)C1. The van der Waals surface area contributed by atoms with E-state index in [1.54, 1.807) is 0 Å². The van der Waals surface area contributed by atoms with Gasteiger partial charge in [-0.25, -0.2) is 0 Å². The Labute approximate surface area is 91.4 Å². The number of carbonyl (C=O) groups is 1. The number of hydrogen-bond acceptors (Lipinski definition) is 3. The van der Waals surface area contributed by atoms with Gasteiger partial charge in [0.25, 0.3) is 0 Å². The molecule has 2 fully saturated rings. The first-order chi connectivity index (χ1) is 6.80. The van der Waals surface area contributed by atoms with Crippen molar-refractivity contribution >= 4 is 5.97 Å². The van der Waals surface area contributed by atoms with Crippen molar-refractivity contribution in [3.63, 3.8) is 0 Å². The molecule has 0 saturated heterocycles. The lowest BCUT2D eigenvalue weighted by Crippen LogP contribution is -2.55. The predicted octanol–water partition coefficient (Wildman–Crippen LogP) is 1.85. The molecule has 2 aliphatic rings. The summed E-state index contributed by atoms with van der Waals surface area (Å²) < 4.78 is 5.36. The molecule has 3 nitrogen and oxygen atoms in total. The maximum absolute atomic E-state index is 11.7. The molecule has 2 aliphatic carbocycles. The fourth-order valence-electron chi connectivity index (χ4n) is 2.92. The van der Waals surface area contributed by atoms with Gasteiger partial charge in [0.15, 0.2) is 0 Å². The van der Waals surface area contributed by atoms with Crippen LogP contribution < -0.4 is 5.73 Å². The summed E-state index contributed by atoms with van der Waals surface area (Å²) in [5, 5.41) is 0. The van der Waals surface area contributed by atoms with Gasteiger partial charge in [-0.3, -0.25) is 4.79 Å². The number of ether oxygens (including phenoxy) is 1. The van der Waals surface area contributed by atoms with Crippen molar-refractivity contribution in [3.8, 4) is 0 Å². The molecule has 2 saturated carbocycles. The fraction of sp³-hybridized carbons (Fsp3) is 0.917. The van der Waals surface area contributed by atoms with Crippen LogP contribution in [0.1, 0.15) is 46.5 Å². The average Bonchev–Trinajstić information content (AvgIpc) is 1.89. The predicted molar refractivity (Wildman–Crippen MR) is 58.2 cm³/mol. The van der Waals surface area contributed by atoms with Gasteiger partial charge in [0.1, 0.15) is 5.60 Å². The molecule has 0 bridgehead atoms. The van der Waals surface area contributed by atoms with Crippen LogP contribution in [0.5, 0.6) is 0 Å². The van der Waals surface area contributed by atoms with Gasteiger partial charge in [-0.2, -0.15) is 0 Å². The highest BCUT2D eigenvalue weighted by atomic mass is 16.6. The second-order valence-electron chi connectivity index (χ2n) is 6.31. The lowest BCUT2D eigenvalue weighted by Gasteiger charge is -2.56. The zero-order valence-electron chi connectivity index (χ0n) is 9.88. The maximum Gasteiger partial charge on any atom is 0.309 e. The van der Waals surface area contributed by atoms with E-state index in [9.17, 15) is 4.79 Å². The highest BCUT2D eigenvalue weighted by Crippen LogP contribution is 2.58. The van der Waals surface area contributed by atoms with E-state index in [2.05, 4.69) is 0 Å². The van der Waals surface area contributed by atoms with Gasteiger partial charge in [0, 0.05) is 6.04 Å². The summed E-state index contributed by atoms with van der Waals surface area (Å²) in [7, 11) is 0. The van der Waals surface area contributed by atoms with E-state index in [0.717, 1.165) is 25.7 Å². The van der Waals surface area contributed by atoms with E-state index in [-0.39, 0.29) is 17.5 Å². The number of hydrogen-bond donors (Lipinski definition) is 1. The summed E-state index contributed by atoms with van der Waals surface area (Å²) in [5.74, 6) is 0.116. The molecule has 15 heavy (non-hydrogen) atoms. The van der Waals surface area contributed by atoms with Crippen LogP contribution in [0.4, 0.5) is 0 Å². The molecule has 0 aromatic carbocycles. The molecular formula is C12H21NO2. The average molecular weight is 211 g/mol. The van der Waals surface area contributed by atoms with Crippen molar-refractivity contribution < 1.29 is 9.53 Å². The Balaban J connectivity index is 1.77. The van der Waals surface area contributed by atoms with Crippen molar-refractivity contribution in [2.75, 3.05) is 0 Å². The normalized spacial score (nSPS) is 39.5. The second-order valence-corrected chi connectivity index (χ2v) is 6.31. The monoisotopic (exact) mass is 211 g/mol. The number of nitrogens with two attached hydrogens (primary N) is 1. The van der Waals surface area contributed by atoms with Gasteiger partial charge >= 0.3 is 5.97 Å². The first-order valence-electron chi connectivity index (χ1n) is 5.78. The molecule has 0 atom stereocenters. The van der Waals surface area contributed by atoms with Gasteiger partial charge in [0.05, 0.1) is 5.92 Å². The summed E-state index contributed by atoms with van der Waals surface area (Å²) in [6, 6.07) is 0.379. The summed E-state index contributed by atoms with van der Waals surface area (Å²) in [5.41, 5.74) is 5.84. The molecule has 0 aliphatic heterocycles. The van der Waals surface area contributed by atoms with Crippen LogP contribution in [0.2, 0.25) is 0 Å². The van der Waals surface area contributed by atoms with Gasteiger partial charge in [-0.15, -0.1) is 0 Å². The van der Waals surface area contributed by atoms with Gasteiger partial charge in [-0.05, 0) is 51.9 Å². The number of carbonyl (C=O) groups excluding carboxylic acids is 1. The molecule has 0 heterocycles. The lowest BCUT2D eigenvalue weighted by molar-refractivity contribution is -0.173. The zero-order valence-corrected chi connectivity index (χ0v) is 9.88. The Morgan fingerprint density at radius 3 is 2.20 bits per heavy atom. The van der Waals surface area contributed by atoms with Crippen molar-refractivity contribution in [1.29, 1.82) is 0 Å². The van der Waals surface area contributed by atoms with Crippen LogP contribution in [-0.2, 0) is 9.53 Å². The maximum atomic E-state index is 11.7. The Kier molecular flexibility index (Phi) is 2.34. The Morgan fingerprint density at radius 2 is 1.80 bits per heavy atom. The molecule has 0 amide bonds. The first kappa shape index (κ1) is 10.9. The first-order valence-corrected chi connectivity index (χ1v) is 5.78. The zero-order chi connectivity index (χ0) is 11.3. The number of rotatable bonds is 1. The van der Waals surface area contributed by atoms with Crippen molar-refractivity contribution in [3.05, 3.63) is 0 Å². The molecule has 3 heteroatoms. The lowest BCUT2D eigenvalue weighted by atomic mass is 9.50. The summed E-state index contributed by atoms with van der Waals surface area (Å²) >= 11 is 0. The Hall–Kier alpha value is -0.570. The molecule has 0 aromatic rings. The minimum absolute atomic E-state index is 0.0198. The van der Waals surface area contributed by atoms with Crippen LogP contribution in [-0.4, -0.2) is 17.6 Å². The summed E-state index contributed by atoms with van der Waals surface area (Å²) in [6.45, 7) is 5.75. The highest BCUT2D eigenvalue weighted by molar-refractivity contribution is 5.74. The third-order valence-electron chi connectivity index (χ3n) is 3.49. The molecule has 0 radical (unpaired) electrons. The van der Waals surface area contributed by atoms with Crippen LogP contribution in [0.3, 0.4) is 0 Å². The molecular weight excluding hydrogens is 190 g/mol. The third kappa shape index (κ3) is 2.17. The molecule has 0 aromatic heterocycles. The van der Waals surface area contributed by atoms with E-state index < -0.39 is 0 Å². The summed E-state index contributed by atoms with van der Waals surface area (Å²) in [6.07, 6.45) is 4.20. The minimum Gasteiger partial charge on any atom is -0.460 e. The van der Waals surface area contributed by atoms with E-state index >= 15 is 0 Å². The third-order valence-corrected chi connectivity index (χ3v) is 3.49. The van der Waals surface area contributed by atoms with Crippen LogP contribution >= 0.6 is 0 Å². The van der Waals surface area contributed by atoms with Crippen LogP contribution in [0.15, 0.2) is 0 Å². The van der Waals surface area contributed by atoms with Gasteiger partial charge < -0.3 is 10.5 Å². The van der Waals surface area contributed by atoms with E-state index in [4.69, 9.17) is 10.5 Å². The second kappa shape index (κ2) is 3.21.